The van der Waals surface area contributed by atoms with Gasteiger partial charge in [0.25, 0.3) is 5.91 Å². The molecule has 0 radical (unpaired) electrons. The van der Waals surface area contributed by atoms with Crippen LogP contribution in [0.25, 0.3) is 0 Å². The molecule has 1 heterocycles. The Labute approximate surface area is 117 Å². The van der Waals surface area contributed by atoms with Crippen LogP contribution in [0.15, 0.2) is 12.3 Å². The molecule has 2 atom stereocenters. The molecule has 0 aliphatic rings. The van der Waals surface area contributed by atoms with Crippen LogP contribution in [-0.4, -0.2) is 32.7 Å². The summed E-state index contributed by atoms with van der Waals surface area (Å²) in [4.78, 5) is 12.2. The highest BCUT2D eigenvalue weighted by Crippen LogP contribution is 2.16. The molecule has 2 unspecified atom stereocenters. The first-order valence-electron chi connectivity index (χ1n) is 6.39. The molecule has 0 fully saturated rings. The Balaban J connectivity index is 2.70. The first-order valence-corrected chi connectivity index (χ1v) is 8.12. The number of amides is 1. The van der Waals surface area contributed by atoms with Crippen LogP contribution in [0.5, 0.6) is 0 Å². The van der Waals surface area contributed by atoms with E-state index < -0.39 is 10.8 Å². The molecule has 1 aromatic rings. The maximum Gasteiger partial charge on any atom is 0.268 e. The summed E-state index contributed by atoms with van der Waals surface area (Å²) in [7, 11) is -0.830. The Morgan fingerprint density at radius 1 is 1.47 bits per heavy atom. The average molecular weight is 285 g/mol. The topological polar surface area (TPSA) is 77.1 Å². The first kappa shape index (κ1) is 15.8. The molecule has 0 aliphatic carbocycles. The highest BCUT2D eigenvalue weighted by atomic mass is 32.2. The van der Waals surface area contributed by atoms with E-state index in [-0.39, 0.29) is 18.0 Å². The molecule has 6 heteroatoms. The van der Waals surface area contributed by atoms with Gasteiger partial charge < -0.3 is 15.6 Å². The van der Waals surface area contributed by atoms with Crippen LogP contribution in [0.2, 0.25) is 0 Å². The van der Waals surface area contributed by atoms with E-state index in [2.05, 4.69) is 5.32 Å². The van der Waals surface area contributed by atoms with Crippen molar-refractivity contribution in [1.82, 2.24) is 9.88 Å². The summed E-state index contributed by atoms with van der Waals surface area (Å²) in [6.07, 6.45) is 4.14. The normalized spacial score (nSPS) is 14.4. The van der Waals surface area contributed by atoms with E-state index >= 15 is 0 Å². The summed E-state index contributed by atoms with van der Waals surface area (Å²) in [6, 6.07) is 1.85. The quantitative estimate of drug-likeness (QED) is 0.832. The van der Waals surface area contributed by atoms with Crippen LogP contribution in [0.3, 0.4) is 0 Å². The number of carbonyl (C=O) groups excluding carboxylic acids is 1. The van der Waals surface area contributed by atoms with Gasteiger partial charge in [-0.3, -0.25) is 9.00 Å². The Morgan fingerprint density at radius 2 is 2.11 bits per heavy atom. The van der Waals surface area contributed by atoms with E-state index in [0.29, 0.717) is 23.6 Å². The molecule has 19 heavy (non-hydrogen) atoms. The zero-order valence-corrected chi connectivity index (χ0v) is 12.8. The number of rotatable bonds is 6. The molecule has 0 saturated heterocycles. The minimum absolute atomic E-state index is 0.00635. The largest absolute Gasteiger partial charge is 0.397 e. The van der Waals surface area contributed by atoms with Crippen molar-refractivity contribution in [3.63, 3.8) is 0 Å². The second-order valence-electron chi connectivity index (χ2n) is 5.10. The number of nitrogens with one attached hydrogen (secondary N) is 1. The molecular weight excluding hydrogens is 262 g/mol. The van der Waals surface area contributed by atoms with Gasteiger partial charge in [-0.1, -0.05) is 0 Å². The minimum Gasteiger partial charge on any atom is -0.397 e. The summed E-state index contributed by atoms with van der Waals surface area (Å²) in [5.41, 5.74) is 6.89. The lowest BCUT2D eigenvalue weighted by Crippen LogP contribution is -2.34. The SMILES string of the molecule is CC(CCS(C)=O)NC(=O)c1cc(N)cn1C(C)C. The van der Waals surface area contributed by atoms with E-state index in [9.17, 15) is 9.00 Å². The lowest BCUT2D eigenvalue weighted by molar-refractivity contribution is 0.0928. The Hall–Kier alpha value is -1.30. The van der Waals surface area contributed by atoms with Crippen molar-refractivity contribution in [1.29, 1.82) is 0 Å². The van der Waals surface area contributed by atoms with Crippen LogP contribution in [0.1, 0.15) is 43.7 Å². The summed E-state index contributed by atoms with van der Waals surface area (Å²) < 4.78 is 12.9. The number of nitrogen functional groups attached to an aromatic ring is 1. The van der Waals surface area contributed by atoms with Crippen molar-refractivity contribution in [3.8, 4) is 0 Å². The highest BCUT2D eigenvalue weighted by Gasteiger charge is 2.16. The third-order valence-electron chi connectivity index (χ3n) is 2.87. The number of nitrogens with zero attached hydrogens (tertiary/aromatic N) is 1. The van der Waals surface area contributed by atoms with Crippen molar-refractivity contribution in [2.24, 2.45) is 0 Å². The number of carbonyl (C=O) groups is 1. The second kappa shape index (κ2) is 6.75. The van der Waals surface area contributed by atoms with Gasteiger partial charge in [0.2, 0.25) is 0 Å². The third-order valence-corrected chi connectivity index (χ3v) is 3.69. The van der Waals surface area contributed by atoms with Gasteiger partial charge in [0, 0.05) is 41.1 Å². The lowest BCUT2D eigenvalue weighted by Gasteiger charge is -2.16. The highest BCUT2D eigenvalue weighted by molar-refractivity contribution is 7.84. The molecule has 0 bridgehead atoms. The van der Waals surface area contributed by atoms with Crippen molar-refractivity contribution in [3.05, 3.63) is 18.0 Å². The van der Waals surface area contributed by atoms with Gasteiger partial charge in [0.1, 0.15) is 5.69 Å². The summed E-state index contributed by atoms with van der Waals surface area (Å²) >= 11 is 0. The number of nitrogens with two attached hydrogens (primary N) is 1. The van der Waals surface area contributed by atoms with Gasteiger partial charge in [-0.05, 0) is 33.3 Å². The van der Waals surface area contributed by atoms with Crippen LogP contribution >= 0.6 is 0 Å². The third kappa shape index (κ3) is 4.70. The van der Waals surface area contributed by atoms with E-state index in [0.717, 1.165) is 0 Å². The molecule has 0 saturated carbocycles. The molecule has 108 valence electrons. The van der Waals surface area contributed by atoms with Crippen LogP contribution in [-0.2, 0) is 10.8 Å². The van der Waals surface area contributed by atoms with E-state index in [4.69, 9.17) is 5.73 Å². The molecule has 0 aliphatic heterocycles. The maximum atomic E-state index is 12.2. The fourth-order valence-corrected chi connectivity index (χ4v) is 2.51. The molecule has 1 amide bonds. The summed E-state index contributed by atoms with van der Waals surface area (Å²) in [5, 5.41) is 2.91. The van der Waals surface area contributed by atoms with E-state index in [1.807, 2.05) is 25.3 Å². The monoisotopic (exact) mass is 285 g/mol. The molecular formula is C13H23N3O2S. The maximum absolute atomic E-state index is 12.2. The van der Waals surface area contributed by atoms with Gasteiger partial charge in [0.15, 0.2) is 0 Å². The predicted molar refractivity (Wildman–Crippen MR) is 79.7 cm³/mol. The molecule has 0 aromatic carbocycles. The van der Waals surface area contributed by atoms with Gasteiger partial charge in [0.05, 0.1) is 5.69 Å². The Bertz CT molecular complexity index is 468. The zero-order valence-electron chi connectivity index (χ0n) is 12.0. The summed E-state index contributed by atoms with van der Waals surface area (Å²) in [5.74, 6) is 0.453. The molecule has 1 rings (SSSR count). The van der Waals surface area contributed by atoms with Gasteiger partial charge in [-0.15, -0.1) is 0 Å². The molecule has 5 nitrogen and oxygen atoms in total. The Morgan fingerprint density at radius 3 is 2.63 bits per heavy atom. The van der Waals surface area contributed by atoms with Crippen molar-refractivity contribution in [2.45, 2.75) is 39.3 Å². The predicted octanol–water partition coefficient (Wildman–Crippen LogP) is 1.54. The second-order valence-corrected chi connectivity index (χ2v) is 6.65. The fourth-order valence-electron chi connectivity index (χ4n) is 1.82. The summed E-state index contributed by atoms with van der Waals surface area (Å²) in [6.45, 7) is 5.91. The first-order chi connectivity index (χ1) is 8.81. The lowest BCUT2D eigenvalue weighted by atomic mass is 10.2. The molecule has 3 N–H and O–H groups in total. The van der Waals surface area contributed by atoms with E-state index in [1.165, 1.54) is 0 Å². The number of hydrogen-bond donors (Lipinski definition) is 2. The van der Waals surface area contributed by atoms with Crippen LogP contribution in [0.4, 0.5) is 5.69 Å². The molecule has 1 aromatic heterocycles. The minimum atomic E-state index is -0.830. The van der Waals surface area contributed by atoms with Crippen LogP contribution < -0.4 is 11.1 Å². The number of anilines is 1. The van der Waals surface area contributed by atoms with Crippen molar-refractivity contribution in [2.75, 3.05) is 17.7 Å². The van der Waals surface area contributed by atoms with Crippen molar-refractivity contribution >= 4 is 22.4 Å². The van der Waals surface area contributed by atoms with Crippen molar-refractivity contribution < 1.29 is 9.00 Å². The number of aromatic nitrogens is 1. The van der Waals surface area contributed by atoms with Gasteiger partial charge in [-0.25, -0.2) is 0 Å². The van der Waals surface area contributed by atoms with E-state index in [1.54, 1.807) is 18.5 Å². The fraction of sp³-hybridized carbons (Fsp3) is 0.615. The van der Waals surface area contributed by atoms with Gasteiger partial charge >= 0.3 is 0 Å². The Kier molecular flexibility index (Phi) is 5.60. The number of hydrogen-bond acceptors (Lipinski definition) is 3. The molecule has 0 spiro atoms. The van der Waals surface area contributed by atoms with Crippen LogP contribution in [0, 0.1) is 0 Å². The van der Waals surface area contributed by atoms with Gasteiger partial charge in [-0.2, -0.15) is 0 Å². The smallest absolute Gasteiger partial charge is 0.268 e. The average Bonchev–Trinajstić information content (AvgIpc) is 2.69. The zero-order chi connectivity index (χ0) is 14.6. The standard InChI is InChI=1S/C13H23N3O2S/c1-9(2)16-8-11(14)7-12(16)13(17)15-10(3)5-6-19(4)18/h7-10H,5-6,14H2,1-4H3,(H,15,17).